The Kier molecular flexibility index (Phi) is 3.61. The second kappa shape index (κ2) is 5.23. The van der Waals surface area contributed by atoms with Crippen molar-refractivity contribution in [2.45, 2.75) is 57.4 Å². The average molecular weight is 264 g/mol. The van der Waals surface area contributed by atoms with Crippen LogP contribution >= 0.6 is 0 Å². The molecule has 106 valence electrons. The maximum Gasteiger partial charge on any atom is 0.233 e. The zero-order valence-corrected chi connectivity index (χ0v) is 11.5. The number of amides is 2. The number of hydrogen-bond donors (Lipinski definition) is 1. The van der Waals surface area contributed by atoms with Crippen LogP contribution in [0.25, 0.3) is 0 Å². The Hall–Kier alpha value is -0.900. The number of fused-ring (bicyclic) bond motifs is 1. The van der Waals surface area contributed by atoms with Crippen LogP contribution in [0.1, 0.15) is 51.4 Å². The smallest absolute Gasteiger partial charge is 0.233 e. The van der Waals surface area contributed by atoms with Crippen LogP contribution in [0.5, 0.6) is 0 Å². The summed E-state index contributed by atoms with van der Waals surface area (Å²) >= 11 is 0. The molecule has 0 aromatic rings. The zero-order valence-electron chi connectivity index (χ0n) is 11.5. The Morgan fingerprint density at radius 3 is 1.89 bits per heavy atom. The molecular weight excluding hydrogens is 240 g/mol. The maximum atomic E-state index is 12.6. The summed E-state index contributed by atoms with van der Waals surface area (Å²) in [7, 11) is 0. The number of carbonyl (C=O) groups excluding carboxylic acids is 2. The third-order valence-corrected chi connectivity index (χ3v) is 5.39. The van der Waals surface area contributed by atoms with Crippen LogP contribution in [0, 0.1) is 17.8 Å². The van der Waals surface area contributed by atoms with Gasteiger partial charge in [0.25, 0.3) is 0 Å². The molecule has 19 heavy (non-hydrogen) atoms. The van der Waals surface area contributed by atoms with Gasteiger partial charge in [0.2, 0.25) is 11.8 Å². The highest BCUT2D eigenvalue weighted by atomic mass is 16.2. The van der Waals surface area contributed by atoms with Gasteiger partial charge < -0.3 is 5.73 Å². The van der Waals surface area contributed by atoms with Gasteiger partial charge in [-0.25, -0.2) is 0 Å². The van der Waals surface area contributed by atoms with Gasteiger partial charge in [-0.15, -0.1) is 0 Å². The second-order valence-corrected chi connectivity index (χ2v) is 6.39. The summed E-state index contributed by atoms with van der Waals surface area (Å²) in [5.74, 6) is 0.542. The normalized spacial score (nSPS) is 33.8. The largest absolute Gasteiger partial charge is 0.328 e. The molecule has 1 saturated heterocycles. The molecule has 0 aromatic heterocycles. The third kappa shape index (κ3) is 2.10. The van der Waals surface area contributed by atoms with Crippen LogP contribution in [0.15, 0.2) is 0 Å². The van der Waals surface area contributed by atoms with Crippen LogP contribution in [0.3, 0.4) is 0 Å². The number of hydrogen-bond acceptors (Lipinski definition) is 3. The van der Waals surface area contributed by atoms with Crippen molar-refractivity contribution in [2.24, 2.45) is 23.5 Å². The van der Waals surface area contributed by atoms with Crippen LogP contribution in [0.2, 0.25) is 0 Å². The van der Waals surface area contributed by atoms with Crippen molar-refractivity contribution in [3.8, 4) is 0 Å². The Bertz CT molecular complexity index is 352. The second-order valence-electron chi connectivity index (χ2n) is 6.39. The molecule has 0 bridgehead atoms. The van der Waals surface area contributed by atoms with E-state index in [4.69, 9.17) is 5.73 Å². The summed E-state index contributed by atoms with van der Waals surface area (Å²) in [5, 5.41) is 0. The minimum absolute atomic E-state index is 0.0308. The van der Waals surface area contributed by atoms with E-state index in [9.17, 15) is 9.59 Å². The molecule has 2 N–H and O–H groups in total. The van der Waals surface area contributed by atoms with Crippen molar-refractivity contribution in [2.75, 3.05) is 6.54 Å². The van der Waals surface area contributed by atoms with Gasteiger partial charge in [0, 0.05) is 6.54 Å². The number of nitrogens with two attached hydrogens (primary N) is 1. The molecule has 2 aliphatic carbocycles. The average Bonchev–Trinajstić information content (AvgIpc) is 3.04. The molecule has 2 saturated carbocycles. The van der Waals surface area contributed by atoms with Crippen molar-refractivity contribution in [1.82, 2.24) is 4.90 Å². The van der Waals surface area contributed by atoms with Gasteiger partial charge in [-0.05, 0) is 31.6 Å². The lowest BCUT2D eigenvalue weighted by Gasteiger charge is -2.30. The van der Waals surface area contributed by atoms with Crippen molar-refractivity contribution >= 4 is 11.8 Å². The molecule has 0 radical (unpaired) electrons. The molecule has 3 aliphatic rings. The molecule has 4 heteroatoms. The molecule has 3 fully saturated rings. The van der Waals surface area contributed by atoms with Crippen molar-refractivity contribution in [3.63, 3.8) is 0 Å². The third-order valence-electron chi connectivity index (χ3n) is 5.39. The zero-order chi connectivity index (χ0) is 13.4. The first-order chi connectivity index (χ1) is 9.24. The van der Waals surface area contributed by atoms with E-state index in [-0.39, 0.29) is 29.7 Å². The molecule has 0 aromatic carbocycles. The highest BCUT2D eigenvalue weighted by Crippen LogP contribution is 2.41. The van der Waals surface area contributed by atoms with Gasteiger partial charge in [0.05, 0.1) is 17.9 Å². The van der Waals surface area contributed by atoms with E-state index in [1.165, 1.54) is 12.8 Å². The summed E-state index contributed by atoms with van der Waals surface area (Å²) < 4.78 is 0. The van der Waals surface area contributed by atoms with Gasteiger partial charge >= 0.3 is 0 Å². The Balaban J connectivity index is 1.82. The molecule has 1 aliphatic heterocycles. The Morgan fingerprint density at radius 1 is 0.947 bits per heavy atom. The van der Waals surface area contributed by atoms with Gasteiger partial charge in [-0.2, -0.15) is 0 Å². The molecule has 3 rings (SSSR count). The van der Waals surface area contributed by atoms with Gasteiger partial charge in [0.15, 0.2) is 0 Å². The molecular formula is C15H24N2O2. The predicted molar refractivity (Wildman–Crippen MR) is 72.1 cm³/mol. The minimum Gasteiger partial charge on any atom is -0.328 e. The van der Waals surface area contributed by atoms with E-state index in [1.54, 1.807) is 4.90 Å². The van der Waals surface area contributed by atoms with Crippen molar-refractivity contribution in [3.05, 3.63) is 0 Å². The van der Waals surface area contributed by atoms with Crippen LogP contribution < -0.4 is 5.73 Å². The van der Waals surface area contributed by atoms with Crippen LogP contribution in [0.4, 0.5) is 0 Å². The molecule has 0 spiro atoms. The molecule has 1 heterocycles. The first kappa shape index (κ1) is 13.1. The molecule has 4 nitrogen and oxygen atoms in total. The fourth-order valence-corrected chi connectivity index (χ4v) is 4.37. The summed E-state index contributed by atoms with van der Waals surface area (Å²) in [5.41, 5.74) is 5.90. The molecule has 2 amide bonds. The Labute approximate surface area is 114 Å². The standard InChI is InChI=1S/C15H24N2O2/c16-9-13(10-5-1-2-6-10)17-14(18)11-7-3-4-8-12(11)15(17)19/h10-13H,1-9,16H2. The summed E-state index contributed by atoms with van der Waals surface area (Å²) in [4.78, 5) is 26.7. The molecule has 3 atom stereocenters. The van der Waals surface area contributed by atoms with Gasteiger partial charge in [-0.3, -0.25) is 14.5 Å². The van der Waals surface area contributed by atoms with Gasteiger partial charge in [0.1, 0.15) is 0 Å². The van der Waals surface area contributed by atoms with Crippen LogP contribution in [-0.2, 0) is 9.59 Å². The lowest BCUT2D eigenvalue weighted by molar-refractivity contribution is -0.143. The Morgan fingerprint density at radius 2 is 1.42 bits per heavy atom. The highest BCUT2D eigenvalue weighted by molar-refractivity contribution is 6.05. The number of carbonyl (C=O) groups is 2. The first-order valence-corrected chi connectivity index (χ1v) is 7.81. The minimum atomic E-state index is -0.0342. The van der Waals surface area contributed by atoms with E-state index < -0.39 is 0 Å². The monoisotopic (exact) mass is 264 g/mol. The van der Waals surface area contributed by atoms with E-state index in [0.29, 0.717) is 12.5 Å². The van der Waals surface area contributed by atoms with Crippen molar-refractivity contribution in [1.29, 1.82) is 0 Å². The van der Waals surface area contributed by atoms with E-state index in [1.807, 2.05) is 0 Å². The number of likely N-dealkylation sites (tertiary alicyclic amines) is 1. The highest BCUT2D eigenvalue weighted by Gasteiger charge is 2.51. The fraction of sp³-hybridized carbons (Fsp3) is 0.867. The van der Waals surface area contributed by atoms with E-state index in [0.717, 1.165) is 38.5 Å². The summed E-state index contributed by atoms with van der Waals surface area (Å²) in [6, 6.07) is -0.0342. The lowest BCUT2D eigenvalue weighted by atomic mass is 9.81. The SMILES string of the molecule is NCC(C1CCCC1)N1C(=O)C2CCCCC2C1=O. The predicted octanol–water partition coefficient (Wildman–Crippen LogP) is 1.68. The van der Waals surface area contributed by atoms with Gasteiger partial charge in [-0.1, -0.05) is 25.7 Å². The number of rotatable bonds is 3. The first-order valence-electron chi connectivity index (χ1n) is 7.81. The number of imide groups is 1. The molecule has 3 unspecified atom stereocenters. The van der Waals surface area contributed by atoms with E-state index in [2.05, 4.69) is 0 Å². The topological polar surface area (TPSA) is 63.4 Å². The fourth-order valence-electron chi connectivity index (χ4n) is 4.37. The lowest BCUT2D eigenvalue weighted by Crippen LogP contribution is -2.48. The van der Waals surface area contributed by atoms with Crippen molar-refractivity contribution < 1.29 is 9.59 Å². The maximum absolute atomic E-state index is 12.6. The van der Waals surface area contributed by atoms with E-state index >= 15 is 0 Å². The number of nitrogens with zero attached hydrogens (tertiary/aromatic N) is 1. The van der Waals surface area contributed by atoms with Crippen LogP contribution in [-0.4, -0.2) is 29.3 Å². The summed E-state index contributed by atoms with van der Waals surface area (Å²) in [6.07, 6.45) is 8.63. The summed E-state index contributed by atoms with van der Waals surface area (Å²) in [6.45, 7) is 0.432. The quantitative estimate of drug-likeness (QED) is 0.789.